The second-order valence-electron chi connectivity index (χ2n) is 2.78. The van der Waals surface area contributed by atoms with Crippen LogP contribution in [0.3, 0.4) is 0 Å². The van der Waals surface area contributed by atoms with Crippen molar-refractivity contribution in [3.63, 3.8) is 0 Å². The predicted molar refractivity (Wildman–Crippen MR) is 59.6 cm³/mol. The molecular formula is C9H19ClN2O2. The summed E-state index contributed by atoms with van der Waals surface area (Å²) in [5, 5.41) is 11.6. The summed E-state index contributed by atoms with van der Waals surface area (Å²) in [6.45, 7) is 7.93. The number of nitrogens with zero attached hydrogens (tertiary/aromatic N) is 2. The number of Topliss-reactive ketones (excluding diaryl/α,β-unsaturated/α-hetero) is 1. The Morgan fingerprint density at radius 3 is 2.07 bits per heavy atom. The molecule has 0 saturated carbocycles. The molecule has 0 rings (SSSR count). The molecule has 0 unspecified atom stereocenters. The minimum Gasteiger partial charge on any atom is -0.411 e. The lowest BCUT2D eigenvalue weighted by Crippen LogP contribution is -2.33. The van der Waals surface area contributed by atoms with Gasteiger partial charge in [-0.25, -0.2) is 0 Å². The van der Waals surface area contributed by atoms with E-state index in [2.05, 4.69) is 5.16 Å². The van der Waals surface area contributed by atoms with Gasteiger partial charge in [0.1, 0.15) is 5.71 Å². The maximum absolute atomic E-state index is 11.2. The molecule has 14 heavy (non-hydrogen) atoms. The summed E-state index contributed by atoms with van der Waals surface area (Å²) in [7, 11) is 0. The van der Waals surface area contributed by atoms with Crippen LogP contribution in [0.2, 0.25) is 0 Å². The number of oxime groups is 1. The van der Waals surface area contributed by atoms with Crippen LogP contribution in [0, 0.1) is 0 Å². The zero-order chi connectivity index (χ0) is 10.3. The summed E-state index contributed by atoms with van der Waals surface area (Å²) >= 11 is 0. The minimum atomic E-state index is -0.0885. The van der Waals surface area contributed by atoms with Crippen molar-refractivity contribution in [2.45, 2.75) is 27.2 Å². The van der Waals surface area contributed by atoms with Crippen LogP contribution >= 0.6 is 12.4 Å². The summed E-state index contributed by atoms with van der Waals surface area (Å²) in [4.78, 5) is 13.2. The van der Waals surface area contributed by atoms with E-state index in [0.717, 1.165) is 13.1 Å². The quantitative estimate of drug-likeness (QED) is 0.422. The smallest absolute Gasteiger partial charge is 0.181 e. The third-order valence-electron chi connectivity index (χ3n) is 2.03. The Labute approximate surface area is 91.4 Å². The number of hydrogen-bond acceptors (Lipinski definition) is 4. The van der Waals surface area contributed by atoms with Gasteiger partial charge in [-0.1, -0.05) is 25.9 Å². The average Bonchev–Trinajstić information content (AvgIpc) is 2.19. The number of hydrogen-bond donors (Lipinski definition) is 1. The van der Waals surface area contributed by atoms with Crippen LogP contribution in [0.25, 0.3) is 0 Å². The van der Waals surface area contributed by atoms with E-state index in [-0.39, 0.29) is 23.9 Å². The molecule has 0 heterocycles. The van der Waals surface area contributed by atoms with Crippen molar-refractivity contribution in [2.24, 2.45) is 5.16 Å². The summed E-state index contributed by atoms with van der Waals surface area (Å²) in [6.07, 6.45) is 0.390. The number of carbonyl (C=O) groups is 1. The van der Waals surface area contributed by atoms with Gasteiger partial charge in [-0.15, -0.1) is 12.4 Å². The fourth-order valence-corrected chi connectivity index (χ4v) is 1.04. The first-order valence-corrected chi connectivity index (χ1v) is 4.65. The Bertz CT molecular complexity index is 191. The average molecular weight is 223 g/mol. The lowest BCUT2D eigenvalue weighted by atomic mass is 10.2. The SMILES string of the molecule is CCC(=O)C(CN(CC)CC)=NO.Cl. The van der Waals surface area contributed by atoms with E-state index in [4.69, 9.17) is 5.21 Å². The third-order valence-corrected chi connectivity index (χ3v) is 2.03. The first kappa shape index (κ1) is 15.8. The maximum Gasteiger partial charge on any atom is 0.181 e. The van der Waals surface area contributed by atoms with Crippen LogP contribution in [-0.2, 0) is 4.79 Å². The Morgan fingerprint density at radius 2 is 1.79 bits per heavy atom. The van der Waals surface area contributed by atoms with Crippen molar-refractivity contribution in [1.29, 1.82) is 0 Å². The van der Waals surface area contributed by atoms with Gasteiger partial charge >= 0.3 is 0 Å². The van der Waals surface area contributed by atoms with Crippen LogP contribution in [0.15, 0.2) is 5.16 Å². The molecule has 5 heteroatoms. The molecule has 1 N–H and O–H groups in total. The van der Waals surface area contributed by atoms with Gasteiger partial charge in [0.25, 0.3) is 0 Å². The second-order valence-corrected chi connectivity index (χ2v) is 2.78. The van der Waals surface area contributed by atoms with Crippen LogP contribution in [0.5, 0.6) is 0 Å². The monoisotopic (exact) mass is 222 g/mol. The van der Waals surface area contributed by atoms with E-state index in [1.165, 1.54) is 0 Å². The highest BCUT2D eigenvalue weighted by molar-refractivity contribution is 6.40. The van der Waals surface area contributed by atoms with Crippen molar-refractivity contribution in [2.75, 3.05) is 19.6 Å². The van der Waals surface area contributed by atoms with Crippen LogP contribution in [0.4, 0.5) is 0 Å². The molecule has 0 saturated heterocycles. The van der Waals surface area contributed by atoms with Crippen molar-refractivity contribution in [3.05, 3.63) is 0 Å². The number of carbonyl (C=O) groups excluding carboxylic acids is 1. The Hall–Kier alpha value is -0.610. The van der Waals surface area contributed by atoms with Gasteiger partial charge in [0.15, 0.2) is 5.78 Å². The highest BCUT2D eigenvalue weighted by Crippen LogP contribution is 1.93. The van der Waals surface area contributed by atoms with Crippen molar-refractivity contribution >= 4 is 23.9 Å². The maximum atomic E-state index is 11.2. The molecule has 0 aromatic rings. The van der Waals surface area contributed by atoms with E-state index >= 15 is 0 Å². The lowest BCUT2D eigenvalue weighted by molar-refractivity contribution is -0.113. The normalized spacial score (nSPS) is 11.3. The molecule has 4 nitrogen and oxygen atoms in total. The summed E-state index contributed by atoms with van der Waals surface area (Å²) in [5.41, 5.74) is 0.256. The Kier molecular flexibility index (Phi) is 10.1. The van der Waals surface area contributed by atoms with Gasteiger partial charge in [0, 0.05) is 13.0 Å². The topological polar surface area (TPSA) is 52.9 Å². The van der Waals surface area contributed by atoms with E-state index < -0.39 is 0 Å². The molecule has 0 radical (unpaired) electrons. The largest absolute Gasteiger partial charge is 0.411 e. The van der Waals surface area contributed by atoms with Gasteiger partial charge in [-0.05, 0) is 13.1 Å². The summed E-state index contributed by atoms with van der Waals surface area (Å²) in [5.74, 6) is -0.0885. The first-order valence-electron chi connectivity index (χ1n) is 4.65. The molecule has 84 valence electrons. The van der Waals surface area contributed by atoms with Crippen LogP contribution in [0.1, 0.15) is 27.2 Å². The second kappa shape index (κ2) is 8.97. The van der Waals surface area contributed by atoms with Crippen molar-refractivity contribution in [3.8, 4) is 0 Å². The molecular weight excluding hydrogens is 204 g/mol. The predicted octanol–water partition coefficient (Wildman–Crippen LogP) is 1.56. The fraction of sp³-hybridized carbons (Fsp3) is 0.778. The van der Waals surface area contributed by atoms with Gasteiger partial charge < -0.3 is 5.21 Å². The Morgan fingerprint density at radius 1 is 1.29 bits per heavy atom. The molecule has 0 bridgehead atoms. The van der Waals surface area contributed by atoms with Crippen molar-refractivity contribution in [1.82, 2.24) is 4.90 Å². The molecule has 0 aromatic carbocycles. The van der Waals surface area contributed by atoms with Crippen molar-refractivity contribution < 1.29 is 10.0 Å². The van der Waals surface area contributed by atoms with E-state index in [1.807, 2.05) is 18.7 Å². The molecule has 0 atom stereocenters. The molecule has 0 aromatic heterocycles. The van der Waals surface area contributed by atoms with Gasteiger partial charge in [-0.2, -0.15) is 0 Å². The van der Waals surface area contributed by atoms with Gasteiger partial charge in [0.05, 0.1) is 0 Å². The number of ketones is 1. The molecule has 0 aliphatic rings. The lowest BCUT2D eigenvalue weighted by Gasteiger charge is -2.17. The third kappa shape index (κ3) is 5.19. The molecule has 0 aliphatic heterocycles. The number of rotatable bonds is 6. The zero-order valence-corrected chi connectivity index (χ0v) is 9.80. The van der Waals surface area contributed by atoms with Gasteiger partial charge in [0.2, 0.25) is 0 Å². The van der Waals surface area contributed by atoms with Crippen LogP contribution < -0.4 is 0 Å². The summed E-state index contributed by atoms with van der Waals surface area (Å²) < 4.78 is 0. The first-order chi connectivity index (χ1) is 6.19. The molecule has 0 spiro atoms. The molecule has 0 amide bonds. The molecule has 0 fully saturated rings. The van der Waals surface area contributed by atoms with E-state index in [0.29, 0.717) is 13.0 Å². The minimum absolute atomic E-state index is 0. The molecule has 0 aliphatic carbocycles. The van der Waals surface area contributed by atoms with Gasteiger partial charge in [-0.3, -0.25) is 9.69 Å². The van der Waals surface area contributed by atoms with E-state index in [1.54, 1.807) is 6.92 Å². The standard InChI is InChI=1S/C9H18N2O2.ClH/c1-4-9(12)8(10-13)7-11(5-2)6-3;/h13H,4-7H2,1-3H3;1H. The highest BCUT2D eigenvalue weighted by atomic mass is 35.5. The zero-order valence-electron chi connectivity index (χ0n) is 8.99. The fourth-order valence-electron chi connectivity index (χ4n) is 1.04. The number of halogens is 1. The van der Waals surface area contributed by atoms with E-state index in [9.17, 15) is 4.79 Å². The summed E-state index contributed by atoms with van der Waals surface area (Å²) in [6, 6.07) is 0. The highest BCUT2D eigenvalue weighted by Gasteiger charge is 2.12. The Balaban J connectivity index is 0. The van der Waals surface area contributed by atoms with Crippen LogP contribution in [-0.4, -0.2) is 41.2 Å².